The maximum absolute atomic E-state index is 4.92. The SMILES string of the molecule is CCNC(=NCC1CCc2nnc(C)n2C1)NC1CC(C)N(C2CC2)C1.I. The van der Waals surface area contributed by atoms with Crippen LogP contribution in [0.4, 0.5) is 0 Å². The molecule has 3 heterocycles. The molecule has 0 bridgehead atoms. The average Bonchev–Trinajstić information content (AvgIpc) is 3.32. The molecular weight excluding hydrogens is 453 g/mol. The van der Waals surface area contributed by atoms with Crippen molar-refractivity contribution in [2.75, 3.05) is 19.6 Å². The predicted molar refractivity (Wildman–Crippen MR) is 119 cm³/mol. The third kappa shape index (κ3) is 4.93. The fourth-order valence-electron chi connectivity index (χ4n) is 4.49. The lowest BCUT2D eigenvalue weighted by Gasteiger charge is -2.23. The van der Waals surface area contributed by atoms with Gasteiger partial charge < -0.3 is 15.2 Å². The summed E-state index contributed by atoms with van der Waals surface area (Å²) in [7, 11) is 0. The molecule has 7 nitrogen and oxygen atoms in total. The van der Waals surface area contributed by atoms with Crippen LogP contribution in [-0.4, -0.2) is 63.4 Å². The molecule has 27 heavy (non-hydrogen) atoms. The van der Waals surface area contributed by atoms with Crippen molar-refractivity contribution in [3.8, 4) is 0 Å². The second-order valence-electron chi connectivity index (χ2n) is 8.25. The molecule has 1 aromatic heterocycles. The molecule has 0 aromatic carbocycles. The third-order valence-electron chi connectivity index (χ3n) is 6.06. The van der Waals surface area contributed by atoms with Gasteiger partial charge in [0.1, 0.15) is 11.6 Å². The maximum Gasteiger partial charge on any atom is 0.191 e. The zero-order valence-electron chi connectivity index (χ0n) is 16.8. The molecule has 1 saturated heterocycles. The van der Waals surface area contributed by atoms with E-state index in [2.05, 4.69) is 44.1 Å². The average molecular weight is 487 g/mol. The van der Waals surface area contributed by atoms with Crippen LogP contribution in [0.5, 0.6) is 0 Å². The minimum Gasteiger partial charge on any atom is -0.357 e. The second kappa shape index (κ2) is 9.07. The van der Waals surface area contributed by atoms with E-state index in [-0.39, 0.29) is 24.0 Å². The van der Waals surface area contributed by atoms with Crippen LogP contribution in [0.3, 0.4) is 0 Å². The van der Waals surface area contributed by atoms with E-state index in [0.717, 1.165) is 62.7 Å². The van der Waals surface area contributed by atoms with Crippen molar-refractivity contribution < 1.29 is 0 Å². The van der Waals surface area contributed by atoms with E-state index in [1.807, 2.05) is 6.92 Å². The first-order chi connectivity index (χ1) is 12.6. The highest BCUT2D eigenvalue weighted by molar-refractivity contribution is 14.0. The van der Waals surface area contributed by atoms with Gasteiger partial charge in [-0.25, -0.2) is 0 Å². The summed E-state index contributed by atoms with van der Waals surface area (Å²) in [6.07, 6.45) is 6.15. The van der Waals surface area contributed by atoms with Crippen molar-refractivity contribution in [3.05, 3.63) is 11.6 Å². The van der Waals surface area contributed by atoms with Crippen LogP contribution >= 0.6 is 24.0 Å². The van der Waals surface area contributed by atoms with Gasteiger partial charge in [-0.1, -0.05) is 0 Å². The van der Waals surface area contributed by atoms with E-state index >= 15 is 0 Å². The summed E-state index contributed by atoms with van der Waals surface area (Å²) in [5, 5.41) is 15.6. The van der Waals surface area contributed by atoms with E-state index in [1.54, 1.807) is 0 Å². The number of fused-ring (bicyclic) bond motifs is 1. The van der Waals surface area contributed by atoms with Gasteiger partial charge in [-0.3, -0.25) is 9.89 Å². The van der Waals surface area contributed by atoms with Crippen molar-refractivity contribution in [1.29, 1.82) is 0 Å². The monoisotopic (exact) mass is 487 g/mol. The Morgan fingerprint density at radius 3 is 2.78 bits per heavy atom. The Morgan fingerprint density at radius 1 is 1.22 bits per heavy atom. The molecule has 2 N–H and O–H groups in total. The normalized spacial score (nSPS) is 28.6. The van der Waals surface area contributed by atoms with Crippen molar-refractivity contribution in [3.63, 3.8) is 0 Å². The van der Waals surface area contributed by atoms with E-state index in [9.17, 15) is 0 Å². The number of nitrogens with zero attached hydrogens (tertiary/aromatic N) is 5. The van der Waals surface area contributed by atoms with Crippen molar-refractivity contribution in [1.82, 2.24) is 30.3 Å². The molecule has 0 amide bonds. The lowest BCUT2D eigenvalue weighted by atomic mass is 9.99. The number of likely N-dealkylation sites (tertiary alicyclic amines) is 1. The molecule has 3 aliphatic rings. The molecule has 1 saturated carbocycles. The fourth-order valence-corrected chi connectivity index (χ4v) is 4.49. The van der Waals surface area contributed by atoms with Gasteiger partial charge in [0.2, 0.25) is 0 Å². The van der Waals surface area contributed by atoms with Crippen molar-refractivity contribution >= 4 is 29.9 Å². The van der Waals surface area contributed by atoms with E-state index < -0.39 is 0 Å². The summed E-state index contributed by atoms with van der Waals surface area (Å²) in [5.74, 6) is 3.71. The Labute approximate surface area is 179 Å². The van der Waals surface area contributed by atoms with Gasteiger partial charge in [-0.15, -0.1) is 34.2 Å². The zero-order valence-corrected chi connectivity index (χ0v) is 19.1. The molecule has 1 aliphatic carbocycles. The van der Waals surface area contributed by atoms with Gasteiger partial charge in [0.25, 0.3) is 0 Å². The number of hydrogen-bond acceptors (Lipinski definition) is 4. The van der Waals surface area contributed by atoms with Gasteiger partial charge >= 0.3 is 0 Å². The van der Waals surface area contributed by atoms with Gasteiger partial charge in [0.05, 0.1) is 0 Å². The van der Waals surface area contributed by atoms with Crippen molar-refractivity contribution in [2.24, 2.45) is 10.9 Å². The molecule has 1 aromatic rings. The number of aromatic nitrogens is 3. The molecule has 3 atom stereocenters. The number of rotatable bonds is 5. The van der Waals surface area contributed by atoms with E-state index in [1.165, 1.54) is 19.3 Å². The minimum atomic E-state index is 0. The predicted octanol–water partition coefficient (Wildman–Crippen LogP) is 1.95. The number of guanidine groups is 1. The Balaban J connectivity index is 0.00000210. The summed E-state index contributed by atoms with van der Waals surface area (Å²) in [5.41, 5.74) is 0. The van der Waals surface area contributed by atoms with Crippen LogP contribution in [-0.2, 0) is 13.0 Å². The molecule has 0 radical (unpaired) electrons. The van der Waals surface area contributed by atoms with Crippen LogP contribution in [0.2, 0.25) is 0 Å². The topological polar surface area (TPSA) is 70.4 Å². The molecular formula is C19H34IN7. The summed E-state index contributed by atoms with van der Waals surface area (Å²) >= 11 is 0. The van der Waals surface area contributed by atoms with Gasteiger partial charge in [-0.2, -0.15) is 0 Å². The Hall–Kier alpha value is -0.900. The third-order valence-corrected chi connectivity index (χ3v) is 6.06. The molecule has 2 aliphatic heterocycles. The Bertz CT molecular complexity index is 654. The Morgan fingerprint density at radius 2 is 2.04 bits per heavy atom. The highest BCUT2D eigenvalue weighted by Gasteiger charge is 2.38. The van der Waals surface area contributed by atoms with Crippen LogP contribution in [0.25, 0.3) is 0 Å². The zero-order chi connectivity index (χ0) is 18.1. The maximum atomic E-state index is 4.92. The first kappa shape index (κ1) is 20.8. The second-order valence-corrected chi connectivity index (χ2v) is 8.25. The van der Waals surface area contributed by atoms with Crippen LogP contribution in [0.1, 0.15) is 51.2 Å². The number of nitrogens with one attached hydrogen (secondary N) is 2. The number of aliphatic imine (C=N–C) groups is 1. The van der Waals surface area contributed by atoms with Gasteiger partial charge in [0, 0.05) is 50.7 Å². The molecule has 8 heteroatoms. The molecule has 0 spiro atoms. The summed E-state index contributed by atoms with van der Waals surface area (Å²) < 4.78 is 2.26. The molecule has 3 unspecified atom stereocenters. The minimum absolute atomic E-state index is 0. The summed E-state index contributed by atoms with van der Waals surface area (Å²) in [6, 6.07) is 2.05. The molecule has 2 fully saturated rings. The quantitative estimate of drug-likeness (QED) is 0.378. The first-order valence-electron chi connectivity index (χ1n) is 10.3. The summed E-state index contributed by atoms with van der Waals surface area (Å²) in [4.78, 5) is 7.60. The number of hydrogen-bond donors (Lipinski definition) is 2. The number of halogens is 1. The number of aryl methyl sites for hydroxylation is 2. The first-order valence-corrected chi connectivity index (χ1v) is 10.3. The molecule has 152 valence electrons. The highest BCUT2D eigenvalue weighted by Crippen LogP contribution is 2.33. The van der Waals surface area contributed by atoms with Crippen LogP contribution in [0.15, 0.2) is 4.99 Å². The van der Waals surface area contributed by atoms with E-state index in [4.69, 9.17) is 4.99 Å². The standard InChI is InChI=1S/C19H33N7.HI/c1-4-20-19(22-16-9-13(2)25(12-16)17-6-7-17)21-10-15-5-8-18-24-23-14(3)26(18)11-15;/h13,15-17H,4-12H2,1-3H3,(H2,20,21,22);1H. The lowest BCUT2D eigenvalue weighted by Crippen LogP contribution is -2.45. The van der Waals surface area contributed by atoms with Gasteiger partial charge in [-0.05, 0) is 52.4 Å². The van der Waals surface area contributed by atoms with Crippen LogP contribution < -0.4 is 10.6 Å². The fraction of sp³-hybridized carbons (Fsp3) is 0.842. The van der Waals surface area contributed by atoms with Crippen LogP contribution in [0, 0.1) is 12.8 Å². The van der Waals surface area contributed by atoms with Gasteiger partial charge in [0.15, 0.2) is 5.96 Å². The largest absolute Gasteiger partial charge is 0.357 e. The van der Waals surface area contributed by atoms with Crippen molar-refractivity contribution in [2.45, 2.75) is 77.5 Å². The Kier molecular flexibility index (Phi) is 6.99. The lowest BCUT2D eigenvalue weighted by molar-refractivity contribution is 0.256. The van der Waals surface area contributed by atoms with E-state index in [0.29, 0.717) is 18.0 Å². The highest BCUT2D eigenvalue weighted by atomic mass is 127. The summed E-state index contributed by atoms with van der Waals surface area (Å²) in [6.45, 7) is 10.5. The molecule has 4 rings (SSSR count). The smallest absolute Gasteiger partial charge is 0.191 e.